The quantitative estimate of drug-likeness (QED) is 0.854. The van der Waals surface area contributed by atoms with Crippen molar-refractivity contribution in [3.05, 3.63) is 23.0 Å². The van der Waals surface area contributed by atoms with E-state index in [1.807, 2.05) is 46.2 Å². The maximum atomic E-state index is 12.8. The van der Waals surface area contributed by atoms with Gasteiger partial charge in [-0.15, -0.1) is 0 Å². The van der Waals surface area contributed by atoms with Gasteiger partial charge in [0.1, 0.15) is 0 Å². The smallest absolute Gasteiger partial charge is 0.308 e. The topological polar surface area (TPSA) is 97.1 Å². The zero-order valence-corrected chi connectivity index (χ0v) is 16.5. The lowest BCUT2D eigenvalue weighted by Gasteiger charge is -2.20. The number of nitrogens with one attached hydrogen (secondary N) is 1. The van der Waals surface area contributed by atoms with Gasteiger partial charge in [-0.1, -0.05) is 20.8 Å². The lowest BCUT2D eigenvalue weighted by Crippen LogP contribution is -2.31. The molecule has 0 aliphatic heterocycles. The van der Waals surface area contributed by atoms with E-state index in [0.717, 1.165) is 11.4 Å². The van der Waals surface area contributed by atoms with E-state index >= 15 is 0 Å². The molecule has 0 radical (unpaired) electrons. The zero-order valence-electron chi connectivity index (χ0n) is 16.5. The normalized spacial score (nSPS) is 13.2. The lowest BCUT2D eigenvalue weighted by atomic mass is 10.0. The highest BCUT2D eigenvalue weighted by atomic mass is 16.4. The zero-order chi connectivity index (χ0) is 19.8. The Morgan fingerprint density at radius 2 is 1.88 bits per heavy atom. The minimum Gasteiger partial charge on any atom is -0.481 e. The van der Waals surface area contributed by atoms with Crippen LogP contribution in [0.2, 0.25) is 0 Å². The van der Waals surface area contributed by atoms with Crippen molar-refractivity contribution in [2.45, 2.75) is 59.9 Å². The van der Waals surface area contributed by atoms with Crippen LogP contribution in [0.25, 0.3) is 11.0 Å². The largest absolute Gasteiger partial charge is 0.481 e. The first-order chi connectivity index (χ1) is 11.9. The van der Waals surface area contributed by atoms with Gasteiger partial charge >= 0.3 is 5.97 Å². The molecule has 142 valence electrons. The molecule has 0 fully saturated rings. The summed E-state index contributed by atoms with van der Waals surface area (Å²) in [5.41, 5.74) is 2.43. The molecule has 2 N–H and O–H groups in total. The first-order valence-electron chi connectivity index (χ1n) is 8.85. The molecule has 0 aromatic carbocycles. The number of carboxylic acids is 1. The van der Waals surface area contributed by atoms with Gasteiger partial charge in [-0.2, -0.15) is 5.10 Å². The Hall–Kier alpha value is -2.44. The molecule has 1 unspecified atom stereocenters. The van der Waals surface area contributed by atoms with Crippen molar-refractivity contribution in [2.24, 2.45) is 5.92 Å². The van der Waals surface area contributed by atoms with Gasteiger partial charge in [-0.05, 0) is 39.7 Å². The van der Waals surface area contributed by atoms with E-state index in [4.69, 9.17) is 10.1 Å². The van der Waals surface area contributed by atoms with E-state index in [1.165, 1.54) is 0 Å². The Bertz CT molecular complexity index is 847. The predicted octanol–water partition coefficient (Wildman–Crippen LogP) is 3.07. The average molecular weight is 360 g/mol. The van der Waals surface area contributed by atoms with Crippen molar-refractivity contribution in [1.29, 1.82) is 0 Å². The SMILES string of the molecule is Cc1nn(C(C)(C)C)c2nc(C(C)C)cc(C(=O)NCC(C)C(=O)O)c12. The van der Waals surface area contributed by atoms with Gasteiger partial charge < -0.3 is 10.4 Å². The van der Waals surface area contributed by atoms with Crippen LogP contribution in [0.1, 0.15) is 69.2 Å². The second-order valence-corrected chi connectivity index (χ2v) is 8.07. The Morgan fingerprint density at radius 1 is 1.27 bits per heavy atom. The van der Waals surface area contributed by atoms with E-state index in [-0.39, 0.29) is 23.9 Å². The van der Waals surface area contributed by atoms with Crippen molar-refractivity contribution in [2.75, 3.05) is 6.54 Å². The van der Waals surface area contributed by atoms with Gasteiger partial charge in [0.05, 0.1) is 28.1 Å². The highest BCUT2D eigenvalue weighted by Gasteiger charge is 2.25. The second-order valence-electron chi connectivity index (χ2n) is 8.07. The van der Waals surface area contributed by atoms with Crippen LogP contribution in [0.3, 0.4) is 0 Å². The molecule has 7 nitrogen and oxygen atoms in total. The molecule has 0 saturated heterocycles. The highest BCUT2D eigenvalue weighted by Crippen LogP contribution is 2.28. The van der Waals surface area contributed by atoms with Gasteiger partial charge in [-0.25, -0.2) is 9.67 Å². The summed E-state index contributed by atoms with van der Waals surface area (Å²) >= 11 is 0. The van der Waals surface area contributed by atoms with Crippen molar-refractivity contribution in [3.63, 3.8) is 0 Å². The molecule has 1 amide bonds. The first kappa shape index (κ1) is 19.9. The van der Waals surface area contributed by atoms with Crippen LogP contribution >= 0.6 is 0 Å². The summed E-state index contributed by atoms with van der Waals surface area (Å²) < 4.78 is 1.85. The minimum absolute atomic E-state index is 0.0709. The number of aryl methyl sites for hydroxylation is 1. The van der Waals surface area contributed by atoms with Crippen LogP contribution in [0.4, 0.5) is 0 Å². The number of amides is 1. The molecule has 7 heteroatoms. The molecule has 2 aromatic rings. The number of carbonyl (C=O) groups is 2. The number of rotatable bonds is 5. The fraction of sp³-hybridized carbons (Fsp3) is 0.579. The van der Waals surface area contributed by atoms with Crippen molar-refractivity contribution < 1.29 is 14.7 Å². The van der Waals surface area contributed by atoms with Gasteiger partial charge in [0.25, 0.3) is 5.91 Å². The minimum atomic E-state index is -0.940. The molecule has 2 aromatic heterocycles. The van der Waals surface area contributed by atoms with Crippen LogP contribution in [0.5, 0.6) is 0 Å². The molecule has 1 atom stereocenters. The van der Waals surface area contributed by atoms with Gasteiger partial charge in [-0.3, -0.25) is 9.59 Å². The van der Waals surface area contributed by atoms with E-state index in [9.17, 15) is 9.59 Å². The third kappa shape index (κ3) is 3.86. The summed E-state index contributed by atoms with van der Waals surface area (Å²) in [6, 6.07) is 1.79. The van der Waals surface area contributed by atoms with Crippen molar-refractivity contribution >= 4 is 22.9 Å². The summed E-state index contributed by atoms with van der Waals surface area (Å²) in [5, 5.41) is 17.1. The number of carboxylic acid groups (broad SMARTS) is 1. The third-order valence-electron chi connectivity index (χ3n) is 4.29. The number of pyridine rings is 1. The van der Waals surface area contributed by atoms with E-state index in [2.05, 4.69) is 10.4 Å². The van der Waals surface area contributed by atoms with Gasteiger partial charge in [0, 0.05) is 12.2 Å². The monoisotopic (exact) mass is 360 g/mol. The Balaban J connectivity index is 2.59. The summed E-state index contributed by atoms with van der Waals surface area (Å²) in [7, 11) is 0. The van der Waals surface area contributed by atoms with Crippen LogP contribution in [0.15, 0.2) is 6.07 Å². The number of nitrogens with zero attached hydrogens (tertiary/aromatic N) is 3. The molecule has 26 heavy (non-hydrogen) atoms. The lowest BCUT2D eigenvalue weighted by molar-refractivity contribution is -0.140. The Kier molecular flexibility index (Phi) is 5.39. The van der Waals surface area contributed by atoms with E-state index < -0.39 is 11.9 Å². The average Bonchev–Trinajstić information content (AvgIpc) is 2.88. The van der Waals surface area contributed by atoms with Gasteiger partial charge in [0.2, 0.25) is 0 Å². The van der Waals surface area contributed by atoms with Crippen molar-refractivity contribution in [3.8, 4) is 0 Å². The number of fused-ring (bicyclic) bond motifs is 1. The molecule has 0 saturated carbocycles. The summed E-state index contributed by atoms with van der Waals surface area (Å²) in [6.07, 6.45) is 0. The molecule has 0 bridgehead atoms. The van der Waals surface area contributed by atoms with Gasteiger partial charge in [0.15, 0.2) is 5.65 Å². The predicted molar refractivity (Wildman–Crippen MR) is 100 cm³/mol. The number of aliphatic carboxylic acids is 1. The van der Waals surface area contributed by atoms with Crippen LogP contribution in [0, 0.1) is 12.8 Å². The first-order valence-corrected chi connectivity index (χ1v) is 8.85. The van der Waals surface area contributed by atoms with Crippen LogP contribution < -0.4 is 5.32 Å². The standard InChI is InChI=1S/C19H28N4O3/c1-10(2)14-8-13(17(24)20-9-11(3)18(25)26)15-12(4)22-23(16(15)21-14)19(5,6)7/h8,10-11H,9H2,1-7H3,(H,20,24)(H,25,26). The maximum Gasteiger partial charge on any atom is 0.308 e. The third-order valence-corrected chi connectivity index (χ3v) is 4.29. The molecule has 0 spiro atoms. The number of aromatic nitrogens is 3. The molecule has 2 rings (SSSR count). The molecular formula is C19H28N4O3. The molecule has 0 aliphatic carbocycles. The Morgan fingerprint density at radius 3 is 2.38 bits per heavy atom. The van der Waals surface area contributed by atoms with Crippen molar-refractivity contribution in [1.82, 2.24) is 20.1 Å². The molecule has 2 heterocycles. The number of hydrogen-bond acceptors (Lipinski definition) is 4. The number of hydrogen-bond donors (Lipinski definition) is 2. The van der Waals surface area contributed by atoms with E-state index in [1.54, 1.807) is 13.0 Å². The number of carbonyl (C=O) groups excluding carboxylic acids is 1. The van der Waals surface area contributed by atoms with Crippen LogP contribution in [-0.4, -0.2) is 38.3 Å². The second kappa shape index (κ2) is 7.05. The summed E-state index contributed by atoms with van der Waals surface area (Å²) in [6.45, 7) is 13.7. The van der Waals surface area contributed by atoms with E-state index in [0.29, 0.717) is 16.6 Å². The highest BCUT2D eigenvalue weighted by molar-refractivity contribution is 6.06. The van der Waals surface area contributed by atoms with Crippen LogP contribution in [-0.2, 0) is 10.3 Å². The summed E-state index contributed by atoms with van der Waals surface area (Å²) in [4.78, 5) is 28.6. The Labute approximate surface area is 153 Å². The summed E-state index contributed by atoms with van der Waals surface area (Å²) in [5.74, 6) is -1.75. The maximum absolute atomic E-state index is 12.8. The molecule has 0 aliphatic rings. The fourth-order valence-electron chi connectivity index (χ4n) is 2.68. The fourth-order valence-corrected chi connectivity index (χ4v) is 2.68. The molecular weight excluding hydrogens is 332 g/mol.